The highest BCUT2D eigenvalue weighted by Gasteiger charge is 2.17. The summed E-state index contributed by atoms with van der Waals surface area (Å²) >= 11 is 0. The van der Waals surface area contributed by atoms with E-state index in [0.29, 0.717) is 46.1 Å². The molecule has 0 fully saturated rings. The maximum absolute atomic E-state index is 12.1. The van der Waals surface area contributed by atoms with Gasteiger partial charge in [-0.2, -0.15) is 0 Å². The van der Waals surface area contributed by atoms with Crippen molar-refractivity contribution in [2.45, 2.75) is 38.6 Å². The Balaban J connectivity index is 0.000000238. The second kappa shape index (κ2) is 25.9. The van der Waals surface area contributed by atoms with E-state index in [4.69, 9.17) is 30.0 Å². The van der Waals surface area contributed by atoms with Crippen LogP contribution in [0.25, 0.3) is 0 Å². The number of carbonyl (C=O) groups excluding carboxylic acids is 1. The van der Waals surface area contributed by atoms with Gasteiger partial charge in [0, 0.05) is 53.7 Å². The van der Waals surface area contributed by atoms with Crippen molar-refractivity contribution in [3.63, 3.8) is 0 Å². The van der Waals surface area contributed by atoms with Crippen LogP contribution in [0.3, 0.4) is 0 Å². The van der Waals surface area contributed by atoms with Crippen molar-refractivity contribution in [1.82, 2.24) is 50.4 Å². The van der Waals surface area contributed by atoms with Gasteiger partial charge in [-0.15, -0.1) is 10.2 Å². The van der Waals surface area contributed by atoms with Gasteiger partial charge in [0.25, 0.3) is 0 Å². The molecule has 0 saturated carbocycles. The first-order valence-electron chi connectivity index (χ1n) is 18.8. The number of benzene rings is 2. The molecule has 4 N–H and O–H groups in total. The lowest BCUT2D eigenvalue weighted by atomic mass is 10.1. The van der Waals surface area contributed by atoms with E-state index in [1.54, 1.807) is 38.4 Å². The number of hydrogen-bond donors (Lipinski definition) is 3. The summed E-state index contributed by atoms with van der Waals surface area (Å²) in [5.74, 6) is 0.600. The Bertz CT molecular complexity index is 2350. The van der Waals surface area contributed by atoms with E-state index in [-0.39, 0.29) is 32.0 Å². The van der Waals surface area contributed by atoms with Crippen molar-refractivity contribution in [1.29, 1.82) is 0 Å². The Morgan fingerprint density at radius 1 is 0.651 bits per heavy atom. The largest absolute Gasteiger partial charge is 0.481 e. The summed E-state index contributed by atoms with van der Waals surface area (Å²) in [7, 11) is 9.21. The Hall–Kier alpha value is -7.60. The fourth-order valence-electron chi connectivity index (χ4n) is 5.05. The number of tetrazole rings is 2. The molecule has 23 nitrogen and oxygen atoms in total. The van der Waals surface area contributed by atoms with Crippen molar-refractivity contribution in [2.75, 3.05) is 39.5 Å². The highest BCUT2D eigenvalue weighted by Crippen LogP contribution is 2.12. The van der Waals surface area contributed by atoms with Crippen molar-refractivity contribution >= 4 is 34.9 Å². The van der Waals surface area contributed by atoms with E-state index in [1.807, 2.05) is 72.8 Å². The number of nitrogens with one attached hydrogen (secondary N) is 1. The third kappa shape index (κ3) is 16.1. The fraction of sp³-hybridized carbons (Fsp3) is 0.300. The van der Waals surface area contributed by atoms with Gasteiger partial charge in [0.15, 0.2) is 37.2 Å². The Labute approximate surface area is 361 Å². The summed E-state index contributed by atoms with van der Waals surface area (Å²) in [6.07, 6.45) is -1.31. The van der Waals surface area contributed by atoms with Gasteiger partial charge in [0.1, 0.15) is 11.6 Å². The molecule has 0 bridgehead atoms. The van der Waals surface area contributed by atoms with Crippen LogP contribution in [0.1, 0.15) is 47.0 Å². The van der Waals surface area contributed by atoms with Crippen LogP contribution in [-0.4, -0.2) is 120 Å². The molecule has 6 aromatic rings. The number of aromatic nitrogens is 10. The number of aryl methyl sites for hydroxylation is 2. The maximum Gasteiger partial charge on any atom is 0.308 e. The topological polar surface area (TPSA) is 285 Å². The number of carbonyl (C=O) groups is 2. The highest BCUT2D eigenvalue weighted by atomic mass is 16.7. The van der Waals surface area contributed by atoms with Crippen LogP contribution in [0.15, 0.2) is 107 Å². The number of nitrogens with zero attached hydrogens (tertiary/aromatic N) is 12. The van der Waals surface area contributed by atoms with Crippen molar-refractivity contribution in [3.8, 4) is 0 Å². The Morgan fingerprint density at radius 2 is 1.11 bits per heavy atom. The molecule has 6 rings (SSSR count). The predicted molar refractivity (Wildman–Crippen MR) is 225 cm³/mol. The first kappa shape index (κ1) is 48.1. The number of methoxy groups -OCH3 is 4. The molecule has 63 heavy (non-hydrogen) atoms. The molecule has 0 aliphatic heterocycles. The van der Waals surface area contributed by atoms with E-state index in [2.05, 4.69) is 66.1 Å². The number of anilines is 2. The molecule has 0 radical (unpaired) electrons. The Kier molecular flexibility index (Phi) is 19.8. The molecule has 23 heteroatoms. The minimum Gasteiger partial charge on any atom is -0.481 e. The van der Waals surface area contributed by atoms with Crippen LogP contribution in [0.4, 0.5) is 11.6 Å². The normalized spacial score (nSPS) is 11.3. The molecule has 0 aliphatic rings. The molecule has 4 aromatic heterocycles. The highest BCUT2D eigenvalue weighted by molar-refractivity contribution is 6.10. The number of pyridine rings is 2. The lowest BCUT2D eigenvalue weighted by molar-refractivity contribution is -0.153. The summed E-state index contributed by atoms with van der Waals surface area (Å²) in [4.78, 5) is 41.6. The zero-order chi connectivity index (χ0) is 45.4. The summed E-state index contributed by atoms with van der Waals surface area (Å²) < 4.78 is 22.3. The molecule has 332 valence electrons. The zero-order valence-electron chi connectivity index (χ0n) is 35.4. The molecule has 4 heterocycles. The first-order valence-corrected chi connectivity index (χ1v) is 18.8. The van der Waals surface area contributed by atoms with E-state index in [9.17, 15) is 9.59 Å². The van der Waals surface area contributed by atoms with Gasteiger partial charge in [-0.05, 0) is 45.1 Å². The van der Waals surface area contributed by atoms with Crippen molar-refractivity contribution in [3.05, 3.63) is 131 Å². The van der Waals surface area contributed by atoms with Crippen LogP contribution in [-0.2, 0) is 65.5 Å². The van der Waals surface area contributed by atoms with Crippen LogP contribution in [0.2, 0.25) is 0 Å². The molecule has 2 aromatic carbocycles. The van der Waals surface area contributed by atoms with Gasteiger partial charge in [0.2, 0.25) is 17.6 Å². The minimum atomic E-state index is -0.927. The number of amides is 1. The van der Waals surface area contributed by atoms with Crippen LogP contribution in [0.5, 0.6) is 0 Å². The molecule has 0 spiro atoms. The molecule has 1 amide bonds. The standard InChI is InChI=1S/C20H23N7O4.C15H15N7O.C5H10O4/c1-27-20(23-25-26-27)19(14-8-5-4-6-9-14)24-31-13-15-10-7-11-16(21-15)22-17(28)12-18(29-2)30-3;1-22-15(18-20-21-22)14(11-6-3-2-4-7-11)19-23-10-12-8-5-9-13(16)17-12;1-8-5(9-2)3-4(6)7/h4-11,18H,12-13H2,1-3H3,(H,21,22,28);2-9H,10H2,1H3,(H2,16,17);5H,3H2,1-2H3,(H,6,7)/b24-19-;19-14-;. The number of nitrogen functional groups attached to an aromatic ring is 1. The summed E-state index contributed by atoms with van der Waals surface area (Å²) in [6, 6.07) is 29.6. The van der Waals surface area contributed by atoms with Crippen molar-refractivity contribution < 1.29 is 43.3 Å². The summed E-state index contributed by atoms with van der Waals surface area (Å²) in [5.41, 5.74) is 9.61. The average molecular weight is 869 g/mol. The number of rotatable bonds is 19. The third-order valence-corrected chi connectivity index (χ3v) is 8.14. The molecule has 0 aliphatic carbocycles. The smallest absolute Gasteiger partial charge is 0.308 e. The van der Waals surface area contributed by atoms with Crippen molar-refractivity contribution in [2.24, 2.45) is 24.4 Å². The lowest BCUT2D eigenvalue weighted by Crippen LogP contribution is -2.23. The number of carboxylic acid groups (broad SMARTS) is 1. The van der Waals surface area contributed by atoms with Gasteiger partial charge in [-0.3, -0.25) is 9.59 Å². The average Bonchev–Trinajstić information content (AvgIpc) is 3.93. The number of nitrogens with two attached hydrogens (primary N) is 1. The maximum atomic E-state index is 12.1. The molecule has 0 unspecified atom stereocenters. The predicted octanol–water partition coefficient (Wildman–Crippen LogP) is 2.76. The second-order valence-electron chi connectivity index (χ2n) is 12.6. The first-order chi connectivity index (χ1) is 30.5. The van der Waals surface area contributed by atoms with Crippen LogP contribution < -0.4 is 11.1 Å². The molecular formula is C40H48N14O9. The fourth-order valence-corrected chi connectivity index (χ4v) is 5.05. The van der Waals surface area contributed by atoms with E-state index in [0.717, 1.165) is 11.1 Å². The number of carboxylic acids is 1. The number of oxime groups is 2. The quantitative estimate of drug-likeness (QED) is 0.0599. The van der Waals surface area contributed by atoms with Gasteiger partial charge < -0.3 is 44.8 Å². The second-order valence-corrected chi connectivity index (χ2v) is 12.6. The van der Waals surface area contributed by atoms with Gasteiger partial charge in [-0.25, -0.2) is 19.3 Å². The SMILES string of the molecule is COC(CC(=O)Nc1cccc(CO/N=C(/c2ccccc2)c2nnnn2C)n1)OC.COC(CC(=O)O)OC.Cn1nnnc1/C(=N\OCc1cccc(N)n1)c1ccccc1. The number of ether oxygens (including phenoxy) is 4. The van der Waals surface area contributed by atoms with Crippen LogP contribution in [0, 0.1) is 0 Å². The lowest BCUT2D eigenvalue weighted by Gasteiger charge is -2.13. The Morgan fingerprint density at radius 3 is 1.52 bits per heavy atom. The monoisotopic (exact) mass is 868 g/mol. The van der Waals surface area contributed by atoms with Gasteiger partial charge >= 0.3 is 5.97 Å². The summed E-state index contributed by atoms with van der Waals surface area (Å²) in [5, 5.41) is 42.3. The number of aliphatic carboxylic acids is 1. The minimum absolute atomic E-state index is 0.0475. The third-order valence-electron chi connectivity index (χ3n) is 8.14. The van der Waals surface area contributed by atoms with E-state index in [1.165, 1.54) is 37.8 Å². The molecule has 0 atom stereocenters. The number of hydrogen-bond acceptors (Lipinski definition) is 19. The van der Waals surface area contributed by atoms with Crippen LogP contribution >= 0.6 is 0 Å². The van der Waals surface area contributed by atoms with Gasteiger partial charge in [0.05, 0.1) is 24.2 Å². The zero-order valence-corrected chi connectivity index (χ0v) is 35.4. The molecule has 0 saturated heterocycles. The summed E-state index contributed by atoms with van der Waals surface area (Å²) in [6.45, 7) is 0.288. The van der Waals surface area contributed by atoms with E-state index < -0.39 is 18.5 Å². The van der Waals surface area contributed by atoms with Gasteiger partial charge in [-0.1, -0.05) is 83.1 Å². The molecular weight excluding hydrogens is 821 g/mol. The van der Waals surface area contributed by atoms with E-state index >= 15 is 0 Å².